The summed E-state index contributed by atoms with van der Waals surface area (Å²) in [7, 11) is 1.86. The SMILES string of the molecule is CNC(c1cc(F)cc(Br)c1)c1cc(Br)ccc1Br. The quantitative estimate of drug-likeness (QED) is 0.656. The molecular weight excluding hydrogens is 441 g/mol. The standard InChI is InChI=1S/C14H11Br3FN/c1-19-14(8-4-10(16)6-11(18)5-8)12-7-9(15)2-3-13(12)17/h2-7,14,19H,1H3. The van der Waals surface area contributed by atoms with Crippen molar-refractivity contribution >= 4 is 47.8 Å². The minimum Gasteiger partial charge on any atom is -0.309 e. The lowest BCUT2D eigenvalue weighted by Crippen LogP contribution is -2.18. The van der Waals surface area contributed by atoms with Crippen molar-refractivity contribution in [2.75, 3.05) is 7.05 Å². The average Bonchev–Trinajstić information content (AvgIpc) is 2.33. The second kappa shape index (κ2) is 6.48. The third-order valence-corrected chi connectivity index (χ3v) is 4.45. The molecule has 2 rings (SSSR count). The number of hydrogen-bond acceptors (Lipinski definition) is 1. The van der Waals surface area contributed by atoms with Crippen LogP contribution >= 0.6 is 47.8 Å². The number of benzene rings is 2. The van der Waals surface area contributed by atoms with Gasteiger partial charge in [0.2, 0.25) is 0 Å². The lowest BCUT2D eigenvalue weighted by molar-refractivity contribution is 0.615. The Bertz CT molecular complexity index is 581. The van der Waals surface area contributed by atoms with Gasteiger partial charge in [-0.05, 0) is 54.6 Å². The highest BCUT2D eigenvalue weighted by molar-refractivity contribution is 9.11. The lowest BCUT2D eigenvalue weighted by atomic mass is 9.99. The Balaban J connectivity index is 2.52. The van der Waals surface area contributed by atoms with Crippen LogP contribution in [0.2, 0.25) is 0 Å². The molecule has 0 spiro atoms. The van der Waals surface area contributed by atoms with E-state index >= 15 is 0 Å². The van der Waals surface area contributed by atoms with E-state index in [1.54, 1.807) is 6.07 Å². The normalized spacial score (nSPS) is 12.5. The summed E-state index contributed by atoms with van der Waals surface area (Å²) in [6, 6.07) is 10.8. The molecule has 5 heteroatoms. The van der Waals surface area contributed by atoms with Gasteiger partial charge in [0.15, 0.2) is 0 Å². The highest BCUT2D eigenvalue weighted by Crippen LogP contribution is 2.32. The van der Waals surface area contributed by atoms with Crippen LogP contribution in [-0.2, 0) is 0 Å². The Kier molecular flexibility index (Phi) is 5.17. The maximum absolute atomic E-state index is 13.5. The number of hydrogen-bond donors (Lipinski definition) is 1. The van der Waals surface area contributed by atoms with Crippen molar-refractivity contribution in [3.63, 3.8) is 0 Å². The van der Waals surface area contributed by atoms with Crippen LogP contribution in [0.4, 0.5) is 4.39 Å². The molecule has 100 valence electrons. The summed E-state index contributed by atoms with van der Waals surface area (Å²) in [5, 5.41) is 3.22. The molecule has 0 aliphatic heterocycles. The van der Waals surface area contributed by atoms with E-state index in [9.17, 15) is 4.39 Å². The van der Waals surface area contributed by atoms with Gasteiger partial charge >= 0.3 is 0 Å². The Morgan fingerprint density at radius 2 is 1.74 bits per heavy atom. The van der Waals surface area contributed by atoms with Crippen LogP contribution in [0.25, 0.3) is 0 Å². The van der Waals surface area contributed by atoms with Crippen molar-refractivity contribution in [1.82, 2.24) is 5.32 Å². The van der Waals surface area contributed by atoms with Gasteiger partial charge in [-0.2, -0.15) is 0 Å². The van der Waals surface area contributed by atoms with Gasteiger partial charge in [-0.15, -0.1) is 0 Å². The van der Waals surface area contributed by atoms with Gasteiger partial charge in [0.25, 0.3) is 0 Å². The topological polar surface area (TPSA) is 12.0 Å². The fourth-order valence-corrected chi connectivity index (χ4v) is 3.32. The smallest absolute Gasteiger partial charge is 0.124 e. The molecule has 0 bridgehead atoms. The Labute approximate surface area is 137 Å². The number of halogens is 4. The maximum atomic E-state index is 13.5. The second-order valence-corrected chi connectivity index (χ2v) is 6.78. The van der Waals surface area contributed by atoms with E-state index in [0.29, 0.717) is 0 Å². The summed E-state index contributed by atoms with van der Waals surface area (Å²) in [6.45, 7) is 0. The van der Waals surface area contributed by atoms with Crippen molar-refractivity contribution in [2.45, 2.75) is 6.04 Å². The molecule has 19 heavy (non-hydrogen) atoms. The predicted molar refractivity (Wildman–Crippen MR) is 86.8 cm³/mol. The first-order valence-corrected chi connectivity index (χ1v) is 7.97. The summed E-state index contributed by atoms with van der Waals surface area (Å²) in [5.41, 5.74) is 1.92. The van der Waals surface area contributed by atoms with Crippen LogP contribution in [0, 0.1) is 5.82 Å². The van der Waals surface area contributed by atoms with E-state index < -0.39 is 0 Å². The van der Waals surface area contributed by atoms with Crippen LogP contribution in [0.1, 0.15) is 17.2 Å². The molecule has 0 aromatic heterocycles. The molecule has 0 aliphatic rings. The fourth-order valence-electron chi connectivity index (χ4n) is 1.98. The molecule has 1 N–H and O–H groups in total. The Morgan fingerprint density at radius 3 is 2.37 bits per heavy atom. The summed E-state index contributed by atoms with van der Waals surface area (Å²) >= 11 is 10.3. The van der Waals surface area contributed by atoms with Gasteiger partial charge in [-0.1, -0.05) is 47.8 Å². The molecule has 0 amide bonds. The molecule has 0 radical (unpaired) electrons. The molecule has 0 fully saturated rings. The zero-order chi connectivity index (χ0) is 14.0. The van der Waals surface area contributed by atoms with Gasteiger partial charge in [-0.25, -0.2) is 4.39 Å². The Morgan fingerprint density at radius 1 is 1.00 bits per heavy atom. The molecule has 0 aliphatic carbocycles. The van der Waals surface area contributed by atoms with Crippen LogP contribution < -0.4 is 5.32 Å². The first-order valence-electron chi connectivity index (χ1n) is 5.59. The summed E-state index contributed by atoms with van der Waals surface area (Å²) in [4.78, 5) is 0. The zero-order valence-electron chi connectivity index (χ0n) is 10.1. The zero-order valence-corrected chi connectivity index (χ0v) is 14.8. The molecule has 2 aromatic rings. The van der Waals surface area contributed by atoms with E-state index in [1.165, 1.54) is 6.07 Å². The van der Waals surface area contributed by atoms with Crippen molar-refractivity contribution in [3.05, 3.63) is 66.8 Å². The molecule has 0 saturated carbocycles. The molecule has 1 nitrogen and oxygen atoms in total. The van der Waals surface area contributed by atoms with Crippen molar-refractivity contribution in [1.29, 1.82) is 0 Å². The molecule has 0 saturated heterocycles. The third kappa shape index (κ3) is 3.66. The molecule has 2 aromatic carbocycles. The number of rotatable bonds is 3. The number of nitrogens with one attached hydrogen (secondary N) is 1. The van der Waals surface area contributed by atoms with Gasteiger partial charge in [0, 0.05) is 13.4 Å². The molecule has 0 heterocycles. The Hall–Kier alpha value is -0.230. The third-order valence-electron chi connectivity index (χ3n) is 2.78. The molecule has 1 unspecified atom stereocenters. The van der Waals surface area contributed by atoms with Crippen molar-refractivity contribution < 1.29 is 4.39 Å². The van der Waals surface area contributed by atoms with Crippen LogP contribution in [0.5, 0.6) is 0 Å². The van der Waals surface area contributed by atoms with Crippen LogP contribution in [0.15, 0.2) is 49.8 Å². The van der Waals surface area contributed by atoms with Crippen molar-refractivity contribution in [2.24, 2.45) is 0 Å². The summed E-state index contributed by atoms with van der Waals surface area (Å²) in [5.74, 6) is -0.254. The first-order chi connectivity index (χ1) is 9.01. The van der Waals surface area contributed by atoms with Gasteiger partial charge in [0.05, 0.1) is 6.04 Å². The minimum absolute atomic E-state index is 0.0844. The van der Waals surface area contributed by atoms with Gasteiger partial charge < -0.3 is 5.32 Å². The average molecular weight is 452 g/mol. The predicted octanol–water partition coefficient (Wildman–Crippen LogP) is 5.42. The van der Waals surface area contributed by atoms with E-state index in [4.69, 9.17) is 0 Å². The van der Waals surface area contributed by atoms with Crippen LogP contribution in [0.3, 0.4) is 0 Å². The maximum Gasteiger partial charge on any atom is 0.124 e. The minimum atomic E-state index is -0.254. The summed E-state index contributed by atoms with van der Waals surface area (Å²) in [6.07, 6.45) is 0. The molecule has 1 atom stereocenters. The van der Waals surface area contributed by atoms with Crippen molar-refractivity contribution in [3.8, 4) is 0 Å². The second-order valence-electron chi connectivity index (χ2n) is 4.09. The first kappa shape index (κ1) is 15.2. The summed E-state index contributed by atoms with van der Waals surface area (Å²) < 4.78 is 16.2. The molecular formula is C14H11Br3FN. The monoisotopic (exact) mass is 449 g/mol. The van der Waals surface area contributed by atoms with Gasteiger partial charge in [-0.3, -0.25) is 0 Å². The van der Waals surface area contributed by atoms with E-state index in [2.05, 4.69) is 53.1 Å². The fraction of sp³-hybridized carbons (Fsp3) is 0.143. The highest BCUT2D eigenvalue weighted by Gasteiger charge is 2.16. The lowest BCUT2D eigenvalue weighted by Gasteiger charge is -2.19. The van der Waals surface area contributed by atoms with Crippen LogP contribution in [-0.4, -0.2) is 7.05 Å². The van der Waals surface area contributed by atoms with E-state index in [1.807, 2.05) is 31.3 Å². The van der Waals surface area contributed by atoms with E-state index in [0.717, 1.165) is 24.5 Å². The van der Waals surface area contributed by atoms with E-state index in [-0.39, 0.29) is 11.9 Å². The highest BCUT2D eigenvalue weighted by atomic mass is 79.9. The van der Waals surface area contributed by atoms with Gasteiger partial charge in [0.1, 0.15) is 5.82 Å². The largest absolute Gasteiger partial charge is 0.309 e.